The van der Waals surface area contributed by atoms with Crippen molar-refractivity contribution in [3.05, 3.63) is 66.2 Å². The smallest absolute Gasteiger partial charge is 0.340 e. The molecule has 0 bridgehead atoms. The standard InChI is InChI=1S/C18H15F4N5O2S/c1-23-30(28,29)13-4-2-3-11(7-13)26-16-9-17(25-10-24-16)27-12-5-6-14(15(19)8-12)18(20,21)22/h2-10,23H,1H3,(H2,24,25,26,27). The second-order valence-corrected chi connectivity index (χ2v) is 7.85. The van der Waals surface area contributed by atoms with E-state index in [-0.39, 0.29) is 22.2 Å². The molecule has 7 nitrogen and oxygen atoms in total. The summed E-state index contributed by atoms with van der Waals surface area (Å²) < 4.78 is 77.7. The zero-order chi connectivity index (χ0) is 21.9. The van der Waals surface area contributed by atoms with E-state index in [4.69, 9.17) is 0 Å². The van der Waals surface area contributed by atoms with Gasteiger partial charge >= 0.3 is 6.18 Å². The van der Waals surface area contributed by atoms with Gasteiger partial charge in [0.25, 0.3) is 0 Å². The molecule has 158 valence electrons. The fraction of sp³-hybridized carbons (Fsp3) is 0.111. The van der Waals surface area contributed by atoms with E-state index in [0.717, 1.165) is 6.07 Å². The van der Waals surface area contributed by atoms with Crippen molar-refractivity contribution >= 4 is 33.0 Å². The van der Waals surface area contributed by atoms with Gasteiger partial charge in [-0.15, -0.1) is 0 Å². The molecule has 0 aliphatic rings. The zero-order valence-electron chi connectivity index (χ0n) is 15.3. The van der Waals surface area contributed by atoms with Crippen LogP contribution in [-0.4, -0.2) is 25.4 Å². The van der Waals surface area contributed by atoms with Crippen LogP contribution in [0.25, 0.3) is 0 Å². The Morgan fingerprint density at radius 1 is 0.900 bits per heavy atom. The van der Waals surface area contributed by atoms with Crippen LogP contribution in [0, 0.1) is 5.82 Å². The molecule has 0 radical (unpaired) electrons. The average Bonchev–Trinajstić information content (AvgIpc) is 2.67. The topological polar surface area (TPSA) is 96.0 Å². The summed E-state index contributed by atoms with van der Waals surface area (Å²) in [6.45, 7) is 0. The fourth-order valence-corrected chi connectivity index (χ4v) is 3.25. The predicted molar refractivity (Wildman–Crippen MR) is 103 cm³/mol. The molecule has 0 aliphatic carbocycles. The summed E-state index contributed by atoms with van der Waals surface area (Å²) >= 11 is 0. The van der Waals surface area contributed by atoms with E-state index >= 15 is 0 Å². The van der Waals surface area contributed by atoms with Crippen molar-refractivity contribution in [3.8, 4) is 0 Å². The first kappa shape index (κ1) is 21.5. The third-order valence-corrected chi connectivity index (χ3v) is 5.31. The highest BCUT2D eigenvalue weighted by molar-refractivity contribution is 7.89. The molecule has 1 aromatic heterocycles. The van der Waals surface area contributed by atoms with Gasteiger partial charge in [0.2, 0.25) is 10.0 Å². The molecule has 0 saturated heterocycles. The van der Waals surface area contributed by atoms with E-state index in [0.29, 0.717) is 17.8 Å². The van der Waals surface area contributed by atoms with E-state index in [1.807, 2.05) is 0 Å². The van der Waals surface area contributed by atoms with Crippen LogP contribution in [0.1, 0.15) is 5.56 Å². The first-order valence-electron chi connectivity index (χ1n) is 8.35. The Balaban J connectivity index is 1.79. The van der Waals surface area contributed by atoms with Crippen molar-refractivity contribution in [2.45, 2.75) is 11.1 Å². The van der Waals surface area contributed by atoms with Crippen LogP contribution in [0.15, 0.2) is 59.8 Å². The van der Waals surface area contributed by atoms with Gasteiger partial charge < -0.3 is 10.6 Å². The van der Waals surface area contributed by atoms with Gasteiger partial charge in [-0.05, 0) is 43.4 Å². The molecule has 0 amide bonds. The number of halogens is 4. The Morgan fingerprint density at radius 2 is 1.53 bits per heavy atom. The Hall–Kier alpha value is -3.25. The maximum Gasteiger partial charge on any atom is 0.419 e. The van der Waals surface area contributed by atoms with Crippen LogP contribution < -0.4 is 15.4 Å². The van der Waals surface area contributed by atoms with Gasteiger partial charge in [-0.25, -0.2) is 27.5 Å². The minimum atomic E-state index is -4.79. The number of hydrogen-bond acceptors (Lipinski definition) is 6. The van der Waals surface area contributed by atoms with E-state index < -0.39 is 27.6 Å². The molecule has 3 rings (SSSR count). The molecular weight excluding hydrogens is 426 g/mol. The molecule has 30 heavy (non-hydrogen) atoms. The number of alkyl halides is 3. The summed E-state index contributed by atoms with van der Waals surface area (Å²) in [4.78, 5) is 7.98. The maximum atomic E-state index is 13.7. The predicted octanol–water partition coefficient (Wildman–Crippen LogP) is 4.03. The first-order valence-corrected chi connectivity index (χ1v) is 9.83. The maximum absolute atomic E-state index is 13.7. The SMILES string of the molecule is CNS(=O)(=O)c1cccc(Nc2cc(Nc3ccc(C(F)(F)F)c(F)c3)ncn2)c1. The number of hydrogen-bond donors (Lipinski definition) is 3. The van der Waals surface area contributed by atoms with Crippen molar-refractivity contribution < 1.29 is 26.0 Å². The molecule has 0 atom stereocenters. The molecule has 12 heteroatoms. The van der Waals surface area contributed by atoms with Gasteiger partial charge in [0.05, 0.1) is 10.5 Å². The highest BCUT2D eigenvalue weighted by atomic mass is 32.2. The largest absolute Gasteiger partial charge is 0.419 e. The van der Waals surface area contributed by atoms with Gasteiger partial charge in [0, 0.05) is 17.4 Å². The van der Waals surface area contributed by atoms with Crippen molar-refractivity contribution in [1.29, 1.82) is 0 Å². The number of rotatable bonds is 6. The van der Waals surface area contributed by atoms with Gasteiger partial charge in [0.1, 0.15) is 23.8 Å². The summed E-state index contributed by atoms with van der Waals surface area (Å²) in [6, 6.07) is 9.82. The number of sulfonamides is 1. The Bertz CT molecular complexity index is 1170. The van der Waals surface area contributed by atoms with E-state index in [1.54, 1.807) is 6.07 Å². The molecule has 2 aromatic carbocycles. The molecule has 0 unspecified atom stereocenters. The zero-order valence-corrected chi connectivity index (χ0v) is 16.1. The third-order valence-electron chi connectivity index (χ3n) is 3.90. The van der Waals surface area contributed by atoms with Crippen LogP contribution >= 0.6 is 0 Å². The van der Waals surface area contributed by atoms with Crippen LogP contribution in [0.2, 0.25) is 0 Å². The summed E-state index contributed by atoms with van der Waals surface area (Å²) in [5.41, 5.74) is -0.877. The summed E-state index contributed by atoms with van der Waals surface area (Å²) in [6.07, 6.45) is -3.61. The molecule has 1 heterocycles. The molecular formula is C18H15F4N5O2S. The van der Waals surface area contributed by atoms with Gasteiger partial charge in [-0.2, -0.15) is 13.2 Å². The molecule has 0 spiro atoms. The molecule has 0 saturated carbocycles. The number of anilines is 4. The van der Waals surface area contributed by atoms with Crippen molar-refractivity contribution in [3.63, 3.8) is 0 Å². The normalized spacial score (nSPS) is 11.9. The number of nitrogens with one attached hydrogen (secondary N) is 3. The second-order valence-electron chi connectivity index (χ2n) is 5.97. The minimum Gasteiger partial charge on any atom is -0.340 e. The molecule has 3 aromatic rings. The lowest BCUT2D eigenvalue weighted by molar-refractivity contribution is -0.139. The lowest BCUT2D eigenvalue weighted by Gasteiger charge is -2.12. The number of nitrogens with zero attached hydrogens (tertiary/aromatic N) is 2. The van der Waals surface area contributed by atoms with Crippen LogP contribution in [0.3, 0.4) is 0 Å². The molecule has 0 fully saturated rings. The average molecular weight is 441 g/mol. The minimum absolute atomic E-state index is 0.0441. The lowest BCUT2D eigenvalue weighted by Crippen LogP contribution is -2.18. The van der Waals surface area contributed by atoms with E-state index in [2.05, 4.69) is 25.3 Å². The van der Waals surface area contributed by atoms with Crippen molar-refractivity contribution in [1.82, 2.24) is 14.7 Å². The van der Waals surface area contributed by atoms with Crippen molar-refractivity contribution in [2.75, 3.05) is 17.7 Å². The third kappa shape index (κ3) is 5.02. The summed E-state index contributed by atoms with van der Waals surface area (Å²) in [5, 5.41) is 5.59. The van der Waals surface area contributed by atoms with E-state index in [9.17, 15) is 26.0 Å². The first-order chi connectivity index (χ1) is 14.1. The molecule has 0 aliphatic heterocycles. The lowest BCUT2D eigenvalue weighted by atomic mass is 10.2. The highest BCUT2D eigenvalue weighted by Crippen LogP contribution is 2.33. The fourth-order valence-electron chi connectivity index (χ4n) is 2.47. The quantitative estimate of drug-likeness (QED) is 0.500. The van der Waals surface area contributed by atoms with Crippen LogP contribution in [0.5, 0.6) is 0 Å². The van der Waals surface area contributed by atoms with Crippen LogP contribution in [-0.2, 0) is 16.2 Å². The van der Waals surface area contributed by atoms with Gasteiger partial charge in [0.15, 0.2) is 0 Å². The molecule has 3 N–H and O–H groups in total. The summed E-state index contributed by atoms with van der Waals surface area (Å²) in [5.74, 6) is -0.952. The van der Waals surface area contributed by atoms with Gasteiger partial charge in [-0.1, -0.05) is 6.07 Å². The van der Waals surface area contributed by atoms with E-state index in [1.165, 1.54) is 37.6 Å². The monoisotopic (exact) mass is 441 g/mol. The second kappa shape index (κ2) is 8.24. The highest BCUT2D eigenvalue weighted by Gasteiger charge is 2.33. The number of aromatic nitrogens is 2. The Labute approximate surface area is 169 Å². The summed E-state index contributed by atoms with van der Waals surface area (Å²) in [7, 11) is -2.34. The Morgan fingerprint density at radius 3 is 2.10 bits per heavy atom. The Kier molecular flexibility index (Phi) is 5.89. The van der Waals surface area contributed by atoms with Gasteiger partial charge in [-0.3, -0.25) is 0 Å². The van der Waals surface area contributed by atoms with Crippen LogP contribution in [0.4, 0.5) is 40.6 Å². The van der Waals surface area contributed by atoms with Crippen molar-refractivity contribution in [2.24, 2.45) is 0 Å². The number of benzene rings is 2.